The molecule has 3 rings (SSSR count). The van der Waals surface area contributed by atoms with E-state index in [4.69, 9.17) is 9.72 Å². The van der Waals surface area contributed by atoms with E-state index in [1.54, 1.807) is 0 Å². The summed E-state index contributed by atoms with van der Waals surface area (Å²) in [6, 6.07) is 0. The van der Waals surface area contributed by atoms with Crippen molar-refractivity contribution in [2.75, 3.05) is 13.7 Å². The van der Waals surface area contributed by atoms with E-state index in [-0.39, 0.29) is 6.10 Å². The van der Waals surface area contributed by atoms with Crippen LogP contribution in [-0.4, -0.2) is 18.6 Å². The fourth-order valence-corrected chi connectivity index (χ4v) is 3.41. The molecule has 1 fully saturated rings. The highest BCUT2D eigenvalue weighted by molar-refractivity contribution is 7.11. The molecule has 1 N–H and O–H groups in total. The third-order valence-electron chi connectivity index (χ3n) is 3.17. The molecule has 0 bridgehead atoms. The summed E-state index contributed by atoms with van der Waals surface area (Å²) < 4.78 is 5.57. The van der Waals surface area contributed by atoms with Crippen LogP contribution in [-0.2, 0) is 17.7 Å². The number of hydrogen-bond acceptors (Lipinski definition) is 4. The molecule has 82 valence electrons. The maximum Gasteiger partial charge on any atom is 0.122 e. The number of aromatic nitrogens is 1. The summed E-state index contributed by atoms with van der Waals surface area (Å²) in [7, 11) is 1.81. The number of hydrogen-bond donors (Lipinski definition) is 1. The van der Waals surface area contributed by atoms with E-state index in [2.05, 4.69) is 5.32 Å². The van der Waals surface area contributed by atoms with Gasteiger partial charge in [-0.3, -0.25) is 0 Å². The minimum atomic E-state index is 0.264. The first-order valence-corrected chi connectivity index (χ1v) is 6.42. The average Bonchev–Trinajstić information content (AvgIpc) is 2.99. The van der Waals surface area contributed by atoms with Gasteiger partial charge in [0.25, 0.3) is 0 Å². The van der Waals surface area contributed by atoms with Gasteiger partial charge in [0, 0.05) is 31.5 Å². The second-order valence-corrected chi connectivity index (χ2v) is 5.46. The molecular weight excluding hydrogens is 208 g/mol. The monoisotopic (exact) mass is 224 g/mol. The van der Waals surface area contributed by atoms with Crippen molar-refractivity contribution >= 4 is 11.3 Å². The highest BCUT2D eigenvalue weighted by Crippen LogP contribution is 2.44. The minimum Gasteiger partial charge on any atom is -0.374 e. The van der Waals surface area contributed by atoms with E-state index < -0.39 is 0 Å². The largest absolute Gasteiger partial charge is 0.374 e. The summed E-state index contributed by atoms with van der Waals surface area (Å²) in [5.74, 6) is 0.732. The van der Waals surface area contributed by atoms with Gasteiger partial charge in [-0.1, -0.05) is 0 Å². The highest BCUT2D eigenvalue weighted by atomic mass is 32.1. The van der Waals surface area contributed by atoms with Gasteiger partial charge in [0.05, 0.1) is 5.69 Å². The van der Waals surface area contributed by atoms with E-state index >= 15 is 0 Å². The zero-order valence-electron chi connectivity index (χ0n) is 8.95. The van der Waals surface area contributed by atoms with Crippen molar-refractivity contribution in [2.24, 2.45) is 5.92 Å². The number of ether oxygens (including phenoxy) is 1. The van der Waals surface area contributed by atoms with Crippen molar-refractivity contribution in [1.82, 2.24) is 10.3 Å². The molecule has 0 aromatic carbocycles. The zero-order chi connectivity index (χ0) is 10.3. The number of nitrogens with zero attached hydrogens (tertiary/aromatic N) is 1. The molecule has 15 heavy (non-hydrogen) atoms. The normalized spacial score (nSPS) is 22.5. The van der Waals surface area contributed by atoms with Crippen molar-refractivity contribution in [3.8, 4) is 0 Å². The van der Waals surface area contributed by atoms with Gasteiger partial charge in [0.1, 0.15) is 11.1 Å². The molecule has 1 aliphatic heterocycles. The molecule has 4 heteroatoms. The quantitative estimate of drug-likeness (QED) is 0.851. The third kappa shape index (κ3) is 1.82. The van der Waals surface area contributed by atoms with Gasteiger partial charge in [0.15, 0.2) is 0 Å². The molecule has 0 spiro atoms. The Morgan fingerprint density at radius 2 is 2.40 bits per heavy atom. The lowest BCUT2D eigenvalue weighted by atomic mass is 10.2. The van der Waals surface area contributed by atoms with Crippen molar-refractivity contribution in [2.45, 2.75) is 31.9 Å². The zero-order valence-corrected chi connectivity index (χ0v) is 9.77. The third-order valence-corrected chi connectivity index (χ3v) is 4.33. The van der Waals surface area contributed by atoms with Crippen LogP contribution in [0.15, 0.2) is 0 Å². The molecule has 2 heterocycles. The second-order valence-electron chi connectivity index (χ2n) is 4.34. The van der Waals surface area contributed by atoms with Crippen LogP contribution in [0.3, 0.4) is 0 Å². The van der Waals surface area contributed by atoms with Gasteiger partial charge in [-0.05, 0) is 18.8 Å². The van der Waals surface area contributed by atoms with Crippen LogP contribution < -0.4 is 5.32 Å². The molecule has 1 atom stereocenters. The number of nitrogens with one attached hydrogen (secondary N) is 1. The van der Waals surface area contributed by atoms with Gasteiger partial charge in [-0.2, -0.15) is 0 Å². The van der Waals surface area contributed by atoms with Gasteiger partial charge in [-0.15, -0.1) is 11.3 Å². The summed E-state index contributed by atoms with van der Waals surface area (Å²) in [6.07, 6.45) is 3.95. The van der Waals surface area contributed by atoms with Crippen LogP contribution in [0.5, 0.6) is 0 Å². The average molecular weight is 224 g/mol. The fraction of sp³-hybridized carbons (Fsp3) is 0.727. The van der Waals surface area contributed by atoms with E-state index in [1.807, 2.05) is 18.4 Å². The van der Waals surface area contributed by atoms with Gasteiger partial charge in [-0.25, -0.2) is 4.98 Å². The minimum absolute atomic E-state index is 0.264. The van der Waals surface area contributed by atoms with Gasteiger partial charge in [0.2, 0.25) is 0 Å². The maximum atomic E-state index is 5.57. The highest BCUT2D eigenvalue weighted by Gasteiger charge is 2.35. The molecule has 1 aliphatic carbocycles. The smallest absolute Gasteiger partial charge is 0.122 e. The van der Waals surface area contributed by atoms with E-state index in [9.17, 15) is 0 Å². The van der Waals surface area contributed by atoms with Crippen molar-refractivity contribution < 1.29 is 4.74 Å². The molecule has 0 saturated heterocycles. The van der Waals surface area contributed by atoms with Crippen LogP contribution in [0, 0.1) is 5.92 Å². The van der Waals surface area contributed by atoms with Crippen molar-refractivity contribution in [3.63, 3.8) is 0 Å². The summed E-state index contributed by atoms with van der Waals surface area (Å²) >= 11 is 1.84. The van der Waals surface area contributed by atoms with Crippen LogP contribution in [0.1, 0.15) is 34.5 Å². The lowest BCUT2D eigenvalue weighted by Gasteiger charge is -2.10. The van der Waals surface area contributed by atoms with E-state index in [0.717, 1.165) is 25.4 Å². The maximum absolute atomic E-state index is 5.57. The summed E-state index contributed by atoms with van der Waals surface area (Å²) in [4.78, 5) is 6.15. The first-order chi connectivity index (χ1) is 7.38. The lowest BCUT2D eigenvalue weighted by Crippen LogP contribution is -2.22. The van der Waals surface area contributed by atoms with Crippen LogP contribution >= 0.6 is 11.3 Å². The second kappa shape index (κ2) is 3.85. The standard InChI is InChI=1S/C11H16N2OS/c1-14-10(7-2-3-7)11-13-8-4-5-12-6-9(8)15-11/h7,10,12H,2-6H2,1H3. The van der Waals surface area contributed by atoms with E-state index in [0.29, 0.717) is 0 Å². The molecule has 3 nitrogen and oxygen atoms in total. The van der Waals surface area contributed by atoms with Gasteiger partial charge >= 0.3 is 0 Å². The van der Waals surface area contributed by atoms with Crippen molar-refractivity contribution in [3.05, 3.63) is 15.6 Å². The Hall–Kier alpha value is -0.450. The Labute approximate surface area is 93.9 Å². The molecular formula is C11H16N2OS. The number of thiazole rings is 1. The number of methoxy groups -OCH3 is 1. The number of rotatable bonds is 3. The van der Waals surface area contributed by atoms with Crippen LogP contribution in [0.2, 0.25) is 0 Å². The summed E-state index contributed by atoms with van der Waals surface area (Å²) in [5, 5.41) is 4.59. The summed E-state index contributed by atoms with van der Waals surface area (Å²) in [5.41, 5.74) is 1.30. The Kier molecular flexibility index (Phi) is 2.50. The predicted octanol–water partition coefficient (Wildman–Crippen LogP) is 1.89. The molecule has 2 aliphatic rings. The first-order valence-electron chi connectivity index (χ1n) is 5.60. The van der Waals surface area contributed by atoms with Crippen molar-refractivity contribution in [1.29, 1.82) is 0 Å². The molecule has 0 amide bonds. The lowest BCUT2D eigenvalue weighted by molar-refractivity contribution is 0.0842. The van der Waals surface area contributed by atoms with Crippen LogP contribution in [0.25, 0.3) is 0 Å². The molecule has 1 aromatic heterocycles. The molecule has 1 aromatic rings. The Bertz CT molecular complexity index is 336. The topological polar surface area (TPSA) is 34.1 Å². The SMILES string of the molecule is COC(c1nc2c(s1)CNCC2)C1CC1. The number of fused-ring (bicyclic) bond motifs is 1. The van der Waals surface area contributed by atoms with Crippen LogP contribution in [0.4, 0.5) is 0 Å². The predicted molar refractivity (Wildman–Crippen MR) is 60.0 cm³/mol. The first kappa shape index (κ1) is 9.75. The molecule has 1 unspecified atom stereocenters. The van der Waals surface area contributed by atoms with E-state index in [1.165, 1.54) is 28.4 Å². The molecule has 1 saturated carbocycles. The Balaban J connectivity index is 1.87. The van der Waals surface area contributed by atoms with Gasteiger partial charge < -0.3 is 10.1 Å². The Morgan fingerprint density at radius 3 is 3.07 bits per heavy atom. The molecule has 0 radical (unpaired) electrons. The Morgan fingerprint density at radius 1 is 1.53 bits per heavy atom. The summed E-state index contributed by atoms with van der Waals surface area (Å²) in [6.45, 7) is 2.06. The fourth-order valence-electron chi connectivity index (χ4n) is 2.16.